The summed E-state index contributed by atoms with van der Waals surface area (Å²) in [6.45, 7) is 1.78. The smallest absolute Gasteiger partial charge is 0.325 e. The molecule has 2 aromatic carbocycles. The molecule has 0 aliphatic carbocycles. The molecule has 2 atom stereocenters. The Bertz CT molecular complexity index is 872. The number of carbonyl (C=O) groups excluding carboxylic acids is 3. The van der Waals surface area contributed by atoms with Crippen molar-refractivity contribution < 1.29 is 19.1 Å². The van der Waals surface area contributed by atoms with E-state index in [9.17, 15) is 14.4 Å². The number of urea groups is 1. The number of carbonyl (C=O) groups is 3. The Hall–Kier alpha value is -3.19. The van der Waals surface area contributed by atoms with E-state index in [4.69, 9.17) is 4.74 Å². The third-order valence-electron chi connectivity index (χ3n) is 4.88. The molecule has 152 valence electrons. The second kappa shape index (κ2) is 8.87. The van der Waals surface area contributed by atoms with Gasteiger partial charge in [0, 0.05) is 19.6 Å². The zero-order valence-electron chi connectivity index (χ0n) is 16.6. The number of rotatable bonds is 8. The lowest BCUT2D eigenvalue weighted by Gasteiger charge is -2.27. The number of hydrogen-bond acceptors (Lipinski definition) is 4. The minimum Gasteiger partial charge on any atom is -0.383 e. The molecule has 3 rings (SSSR count). The third-order valence-corrected chi connectivity index (χ3v) is 4.88. The SMILES string of the molecule is COC[C@H](C)NC(=O)CN1C(=O)N[C@](Cc2ccccc2)(c2ccccc2)C1=O. The van der Waals surface area contributed by atoms with E-state index in [2.05, 4.69) is 10.6 Å². The van der Waals surface area contributed by atoms with Crippen LogP contribution >= 0.6 is 0 Å². The van der Waals surface area contributed by atoms with Gasteiger partial charge in [0.15, 0.2) is 5.54 Å². The van der Waals surface area contributed by atoms with Gasteiger partial charge < -0.3 is 15.4 Å². The van der Waals surface area contributed by atoms with Gasteiger partial charge in [-0.05, 0) is 18.1 Å². The zero-order valence-corrected chi connectivity index (χ0v) is 16.6. The van der Waals surface area contributed by atoms with Gasteiger partial charge in [-0.3, -0.25) is 14.5 Å². The average molecular weight is 395 g/mol. The van der Waals surface area contributed by atoms with E-state index >= 15 is 0 Å². The van der Waals surface area contributed by atoms with Crippen LogP contribution in [0.25, 0.3) is 0 Å². The summed E-state index contributed by atoms with van der Waals surface area (Å²) in [4.78, 5) is 39.4. The first-order chi connectivity index (χ1) is 14.0. The molecule has 4 amide bonds. The van der Waals surface area contributed by atoms with Crippen molar-refractivity contribution in [1.29, 1.82) is 0 Å². The summed E-state index contributed by atoms with van der Waals surface area (Å²) >= 11 is 0. The number of methoxy groups -OCH3 is 1. The quantitative estimate of drug-likeness (QED) is 0.668. The minimum atomic E-state index is -1.25. The molecule has 0 unspecified atom stereocenters. The lowest BCUT2D eigenvalue weighted by Crippen LogP contribution is -2.47. The Morgan fingerprint density at radius 3 is 2.34 bits per heavy atom. The molecule has 7 heteroatoms. The number of nitrogens with zero attached hydrogens (tertiary/aromatic N) is 1. The Kier molecular flexibility index (Phi) is 6.29. The van der Waals surface area contributed by atoms with Crippen LogP contribution < -0.4 is 10.6 Å². The molecule has 0 spiro atoms. The Morgan fingerprint density at radius 2 is 1.72 bits per heavy atom. The minimum absolute atomic E-state index is 0.225. The van der Waals surface area contributed by atoms with Gasteiger partial charge in [-0.25, -0.2) is 4.79 Å². The van der Waals surface area contributed by atoms with Crippen LogP contribution in [0.1, 0.15) is 18.1 Å². The molecule has 2 aromatic rings. The van der Waals surface area contributed by atoms with E-state index in [1.54, 1.807) is 6.92 Å². The maximum absolute atomic E-state index is 13.4. The highest BCUT2D eigenvalue weighted by molar-refractivity contribution is 6.09. The Balaban J connectivity index is 1.87. The van der Waals surface area contributed by atoms with Gasteiger partial charge in [-0.1, -0.05) is 60.7 Å². The van der Waals surface area contributed by atoms with E-state index in [-0.39, 0.29) is 12.6 Å². The molecule has 1 aliphatic rings. The van der Waals surface area contributed by atoms with Crippen molar-refractivity contribution >= 4 is 17.8 Å². The number of nitrogens with one attached hydrogen (secondary N) is 2. The fraction of sp³-hybridized carbons (Fsp3) is 0.318. The fourth-order valence-corrected chi connectivity index (χ4v) is 3.57. The van der Waals surface area contributed by atoms with Crippen molar-refractivity contribution in [3.8, 4) is 0 Å². The van der Waals surface area contributed by atoms with Crippen molar-refractivity contribution in [1.82, 2.24) is 15.5 Å². The molecular weight excluding hydrogens is 370 g/mol. The summed E-state index contributed by atoms with van der Waals surface area (Å²) in [6.07, 6.45) is 0.292. The van der Waals surface area contributed by atoms with E-state index in [0.717, 1.165) is 10.5 Å². The predicted octanol–water partition coefficient (Wildman–Crippen LogP) is 1.83. The van der Waals surface area contributed by atoms with Gasteiger partial charge in [0.25, 0.3) is 5.91 Å². The Morgan fingerprint density at radius 1 is 1.10 bits per heavy atom. The van der Waals surface area contributed by atoms with Crippen molar-refractivity contribution in [3.63, 3.8) is 0 Å². The standard InChI is InChI=1S/C22H25N3O4/c1-16(15-29-2)23-19(26)14-25-20(27)22(24-21(25)28,18-11-7-4-8-12-18)13-17-9-5-3-6-10-17/h3-12,16H,13-15H2,1-2H3,(H,23,26)(H,24,28)/t16-,22+/m0/s1. The summed E-state index contributed by atoms with van der Waals surface area (Å²) in [6, 6.07) is 17.8. The number of benzene rings is 2. The highest BCUT2D eigenvalue weighted by Gasteiger charge is 2.52. The Labute approximate surface area is 170 Å². The molecular formula is C22H25N3O4. The maximum atomic E-state index is 13.4. The molecule has 1 heterocycles. The van der Waals surface area contributed by atoms with Crippen LogP contribution in [-0.4, -0.2) is 49.0 Å². The first-order valence-electron chi connectivity index (χ1n) is 9.48. The lowest BCUT2D eigenvalue weighted by molar-refractivity contribution is -0.135. The summed E-state index contributed by atoms with van der Waals surface area (Å²) in [5, 5.41) is 5.58. The van der Waals surface area contributed by atoms with Gasteiger partial charge >= 0.3 is 6.03 Å². The number of ether oxygens (including phenoxy) is 1. The normalized spacial score (nSPS) is 19.7. The predicted molar refractivity (Wildman–Crippen MR) is 108 cm³/mol. The van der Waals surface area contributed by atoms with E-state index in [1.165, 1.54) is 7.11 Å². The van der Waals surface area contributed by atoms with E-state index in [1.807, 2.05) is 60.7 Å². The topological polar surface area (TPSA) is 87.7 Å². The molecule has 29 heavy (non-hydrogen) atoms. The molecule has 0 radical (unpaired) electrons. The maximum Gasteiger partial charge on any atom is 0.325 e. The van der Waals surface area contributed by atoms with E-state index < -0.39 is 23.4 Å². The average Bonchev–Trinajstić information content (AvgIpc) is 2.94. The molecule has 1 aliphatic heterocycles. The molecule has 0 aromatic heterocycles. The summed E-state index contributed by atoms with van der Waals surface area (Å²) in [7, 11) is 1.54. The first-order valence-corrected chi connectivity index (χ1v) is 9.48. The zero-order chi connectivity index (χ0) is 20.9. The number of hydrogen-bond donors (Lipinski definition) is 2. The highest BCUT2D eigenvalue weighted by atomic mass is 16.5. The van der Waals surface area contributed by atoms with Crippen LogP contribution in [0.4, 0.5) is 4.79 Å². The van der Waals surface area contributed by atoms with Gasteiger partial charge in [0.05, 0.1) is 6.61 Å². The summed E-state index contributed by atoms with van der Waals surface area (Å²) < 4.78 is 5.00. The third kappa shape index (κ3) is 4.46. The van der Waals surface area contributed by atoms with Crippen LogP contribution in [0, 0.1) is 0 Å². The molecule has 0 bridgehead atoms. The van der Waals surface area contributed by atoms with Gasteiger partial charge in [-0.15, -0.1) is 0 Å². The van der Waals surface area contributed by atoms with Gasteiger partial charge in [0.1, 0.15) is 6.54 Å². The number of imide groups is 1. The largest absolute Gasteiger partial charge is 0.383 e. The van der Waals surface area contributed by atoms with Crippen LogP contribution in [0.15, 0.2) is 60.7 Å². The molecule has 0 saturated carbocycles. The van der Waals surface area contributed by atoms with Crippen LogP contribution in [0.3, 0.4) is 0 Å². The van der Waals surface area contributed by atoms with Gasteiger partial charge in [-0.2, -0.15) is 0 Å². The fourth-order valence-electron chi connectivity index (χ4n) is 3.57. The summed E-state index contributed by atoms with van der Waals surface area (Å²) in [5.41, 5.74) is 0.334. The second-order valence-electron chi connectivity index (χ2n) is 7.18. The molecule has 7 nitrogen and oxygen atoms in total. The second-order valence-corrected chi connectivity index (χ2v) is 7.18. The number of amides is 4. The van der Waals surface area contributed by atoms with Crippen molar-refractivity contribution in [2.45, 2.75) is 24.9 Å². The van der Waals surface area contributed by atoms with Crippen LogP contribution in [-0.2, 0) is 26.3 Å². The van der Waals surface area contributed by atoms with Crippen LogP contribution in [0.2, 0.25) is 0 Å². The molecule has 1 fully saturated rings. The molecule has 2 N–H and O–H groups in total. The first kappa shape index (κ1) is 20.5. The highest BCUT2D eigenvalue weighted by Crippen LogP contribution is 2.32. The van der Waals surface area contributed by atoms with E-state index in [0.29, 0.717) is 18.6 Å². The monoisotopic (exact) mass is 395 g/mol. The van der Waals surface area contributed by atoms with Crippen molar-refractivity contribution in [2.75, 3.05) is 20.3 Å². The van der Waals surface area contributed by atoms with Crippen molar-refractivity contribution in [3.05, 3.63) is 71.8 Å². The summed E-state index contributed by atoms with van der Waals surface area (Å²) in [5.74, 6) is -0.853. The molecule has 1 saturated heterocycles. The van der Waals surface area contributed by atoms with Gasteiger partial charge in [0.2, 0.25) is 5.91 Å². The lowest BCUT2D eigenvalue weighted by atomic mass is 9.83. The van der Waals surface area contributed by atoms with Crippen molar-refractivity contribution in [2.24, 2.45) is 0 Å². The van der Waals surface area contributed by atoms with Crippen LogP contribution in [0.5, 0.6) is 0 Å².